The lowest BCUT2D eigenvalue weighted by atomic mass is 10.0. The van der Waals surface area contributed by atoms with Crippen LogP contribution >= 0.6 is 0 Å². The van der Waals surface area contributed by atoms with E-state index in [9.17, 15) is 9.90 Å². The van der Waals surface area contributed by atoms with Crippen LogP contribution in [0.3, 0.4) is 0 Å². The minimum Gasteiger partial charge on any atom is -0.457 e. The lowest BCUT2D eigenvalue weighted by Crippen LogP contribution is -2.27. The van der Waals surface area contributed by atoms with Crippen molar-refractivity contribution in [2.45, 2.75) is 168 Å². The molecule has 0 amide bonds. The molecule has 0 aliphatic carbocycles. The van der Waals surface area contributed by atoms with Crippen LogP contribution in [0.4, 0.5) is 0 Å². The van der Waals surface area contributed by atoms with Gasteiger partial charge in [0.25, 0.3) is 0 Å². The molecule has 0 aromatic carbocycles. The minimum atomic E-state index is -0.541. The number of esters is 1. The minimum absolute atomic E-state index is 0.179. The Hall–Kier alpha value is -1.65. The quantitative estimate of drug-likeness (QED) is 0.0482. The molecule has 0 heterocycles. The van der Waals surface area contributed by atoms with Gasteiger partial charge in [-0.25, -0.2) is 0 Å². The molecular weight excluding hydrogens is 520 g/mol. The third-order valence-electron chi connectivity index (χ3n) is 7.42. The largest absolute Gasteiger partial charge is 0.457 e. The third-order valence-corrected chi connectivity index (χ3v) is 7.42. The summed E-state index contributed by atoms with van der Waals surface area (Å²) < 4.78 is 11.1. The van der Waals surface area contributed by atoms with E-state index in [1.165, 1.54) is 83.5 Å². The summed E-state index contributed by atoms with van der Waals surface area (Å²) in [5.41, 5.74) is 0. The van der Waals surface area contributed by atoms with Gasteiger partial charge in [-0.3, -0.25) is 4.79 Å². The van der Waals surface area contributed by atoms with Gasteiger partial charge in [-0.1, -0.05) is 152 Å². The zero-order valence-electron chi connectivity index (χ0n) is 27.8. The van der Waals surface area contributed by atoms with Crippen LogP contribution in [0.15, 0.2) is 48.6 Å². The SMILES string of the molecule is CC/C=C\C/C=C\C/C=C\C/C=C\CCCCCCCOCC(CO)OC(=O)CCCCCCCCCCCCCC. The van der Waals surface area contributed by atoms with Gasteiger partial charge in [-0.2, -0.15) is 0 Å². The monoisotopic (exact) mass is 589 g/mol. The number of unbranched alkanes of at least 4 members (excludes halogenated alkanes) is 16. The first-order valence-corrected chi connectivity index (χ1v) is 17.7. The Balaban J connectivity index is 3.50. The fraction of sp³-hybridized carbons (Fsp3) is 0.763. The number of carbonyl (C=O) groups is 1. The maximum atomic E-state index is 12.1. The molecule has 0 aromatic rings. The van der Waals surface area contributed by atoms with Crippen molar-refractivity contribution in [1.29, 1.82) is 0 Å². The van der Waals surface area contributed by atoms with Crippen LogP contribution in [0.5, 0.6) is 0 Å². The molecule has 4 nitrogen and oxygen atoms in total. The molecule has 0 aliphatic heterocycles. The zero-order chi connectivity index (χ0) is 30.6. The summed E-state index contributed by atoms with van der Waals surface area (Å²) in [5.74, 6) is -0.210. The molecule has 244 valence electrons. The van der Waals surface area contributed by atoms with Gasteiger partial charge in [0.2, 0.25) is 0 Å². The molecule has 4 heteroatoms. The molecule has 0 saturated carbocycles. The molecule has 1 N–H and O–H groups in total. The Morgan fingerprint density at radius 1 is 0.595 bits per heavy atom. The summed E-state index contributed by atoms with van der Waals surface area (Å²) in [6, 6.07) is 0. The molecule has 1 atom stereocenters. The number of aliphatic hydroxyl groups excluding tert-OH is 1. The number of aliphatic hydroxyl groups is 1. The molecule has 0 aliphatic rings. The molecule has 0 spiro atoms. The lowest BCUT2D eigenvalue weighted by molar-refractivity contribution is -0.154. The number of allylic oxidation sites excluding steroid dienone is 8. The second-order valence-electron chi connectivity index (χ2n) is 11.6. The van der Waals surface area contributed by atoms with Crippen molar-refractivity contribution >= 4 is 5.97 Å². The van der Waals surface area contributed by atoms with E-state index >= 15 is 0 Å². The van der Waals surface area contributed by atoms with Gasteiger partial charge < -0.3 is 14.6 Å². The number of ether oxygens (including phenoxy) is 2. The van der Waals surface area contributed by atoms with E-state index in [0.717, 1.165) is 57.8 Å². The van der Waals surface area contributed by atoms with Crippen LogP contribution in [0.2, 0.25) is 0 Å². The predicted octanol–water partition coefficient (Wildman–Crippen LogP) is 11.1. The van der Waals surface area contributed by atoms with Crippen LogP contribution < -0.4 is 0 Å². The Kier molecular flexibility index (Phi) is 34.1. The summed E-state index contributed by atoms with van der Waals surface area (Å²) in [7, 11) is 0. The Bertz CT molecular complexity index is 664. The standard InChI is InChI=1S/C38H68O4/c1-3-5-7-9-11-13-15-17-18-19-20-21-22-24-26-28-30-32-34-41-36-37(35-39)42-38(40)33-31-29-27-25-23-16-14-12-10-8-6-4-2/h5,7,11,13,17-18,20-21,37,39H,3-4,6,8-10,12,14-16,19,22-36H2,1-2H3/b7-5-,13-11-,18-17-,21-20-. The summed E-state index contributed by atoms with van der Waals surface area (Å²) in [6.07, 6.45) is 44.3. The molecule has 0 aromatic heterocycles. The van der Waals surface area contributed by atoms with E-state index in [1.54, 1.807) is 0 Å². The molecule has 0 rings (SSSR count). The van der Waals surface area contributed by atoms with Crippen molar-refractivity contribution in [2.75, 3.05) is 19.8 Å². The zero-order valence-corrected chi connectivity index (χ0v) is 27.8. The average molecular weight is 589 g/mol. The van der Waals surface area contributed by atoms with Gasteiger partial charge >= 0.3 is 5.97 Å². The molecule has 1 unspecified atom stereocenters. The molecule has 0 saturated heterocycles. The smallest absolute Gasteiger partial charge is 0.306 e. The van der Waals surface area contributed by atoms with Gasteiger partial charge in [-0.15, -0.1) is 0 Å². The number of rotatable bonds is 32. The highest BCUT2D eigenvalue weighted by Gasteiger charge is 2.13. The van der Waals surface area contributed by atoms with E-state index < -0.39 is 6.10 Å². The fourth-order valence-corrected chi connectivity index (χ4v) is 4.79. The molecule has 0 fully saturated rings. The second-order valence-corrected chi connectivity index (χ2v) is 11.6. The van der Waals surface area contributed by atoms with Crippen molar-refractivity contribution < 1.29 is 19.4 Å². The Morgan fingerprint density at radius 3 is 1.62 bits per heavy atom. The summed E-state index contributed by atoms with van der Waals surface area (Å²) >= 11 is 0. The Morgan fingerprint density at radius 2 is 1.07 bits per heavy atom. The highest BCUT2D eigenvalue weighted by Crippen LogP contribution is 2.13. The third kappa shape index (κ3) is 32.9. The highest BCUT2D eigenvalue weighted by molar-refractivity contribution is 5.69. The van der Waals surface area contributed by atoms with Gasteiger partial charge in [0.05, 0.1) is 13.2 Å². The first-order chi connectivity index (χ1) is 20.7. The van der Waals surface area contributed by atoms with Crippen LogP contribution in [-0.4, -0.2) is 37.0 Å². The van der Waals surface area contributed by atoms with Crippen LogP contribution in [0, 0.1) is 0 Å². The maximum absolute atomic E-state index is 12.1. The van der Waals surface area contributed by atoms with Crippen LogP contribution in [-0.2, 0) is 14.3 Å². The first kappa shape index (κ1) is 40.4. The topological polar surface area (TPSA) is 55.8 Å². The summed E-state index contributed by atoms with van der Waals surface area (Å²) in [4.78, 5) is 12.1. The van der Waals surface area contributed by atoms with Gasteiger partial charge in [-0.05, 0) is 51.4 Å². The number of hydrogen-bond donors (Lipinski definition) is 1. The predicted molar refractivity (Wildman–Crippen MR) is 182 cm³/mol. The summed E-state index contributed by atoms with van der Waals surface area (Å²) in [6.45, 7) is 5.18. The number of hydrogen-bond acceptors (Lipinski definition) is 4. The fourth-order valence-electron chi connectivity index (χ4n) is 4.79. The highest BCUT2D eigenvalue weighted by atomic mass is 16.6. The van der Waals surface area contributed by atoms with E-state index in [4.69, 9.17) is 9.47 Å². The van der Waals surface area contributed by atoms with Crippen molar-refractivity contribution in [3.8, 4) is 0 Å². The maximum Gasteiger partial charge on any atom is 0.306 e. The summed E-state index contributed by atoms with van der Waals surface area (Å²) in [5, 5.41) is 9.54. The van der Waals surface area contributed by atoms with Gasteiger partial charge in [0, 0.05) is 13.0 Å². The van der Waals surface area contributed by atoms with E-state index in [0.29, 0.717) is 13.0 Å². The molecule has 0 bridgehead atoms. The van der Waals surface area contributed by atoms with E-state index in [-0.39, 0.29) is 19.2 Å². The molecule has 0 radical (unpaired) electrons. The molecule has 42 heavy (non-hydrogen) atoms. The second kappa shape index (κ2) is 35.5. The number of carbonyl (C=O) groups excluding carboxylic acids is 1. The Labute approximate surface area is 261 Å². The first-order valence-electron chi connectivity index (χ1n) is 17.7. The van der Waals surface area contributed by atoms with Crippen LogP contribution in [0.25, 0.3) is 0 Å². The lowest BCUT2D eigenvalue weighted by Gasteiger charge is -2.15. The van der Waals surface area contributed by atoms with E-state index in [1.807, 2.05) is 0 Å². The van der Waals surface area contributed by atoms with Crippen LogP contribution in [0.1, 0.15) is 162 Å². The van der Waals surface area contributed by atoms with Gasteiger partial charge in [0.15, 0.2) is 0 Å². The van der Waals surface area contributed by atoms with Gasteiger partial charge in [0.1, 0.15) is 6.10 Å². The van der Waals surface area contributed by atoms with E-state index in [2.05, 4.69) is 62.5 Å². The van der Waals surface area contributed by atoms with Crippen molar-refractivity contribution in [3.63, 3.8) is 0 Å². The van der Waals surface area contributed by atoms with Crippen molar-refractivity contribution in [1.82, 2.24) is 0 Å². The average Bonchev–Trinajstić information content (AvgIpc) is 3.00. The van der Waals surface area contributed by atoms with Crippen molar-refractivity contribution in [3.05, 3.63) is 48.6 Å². The van der Waals surface area contributed by atoms with Crippen molar-refractivity contribution in [2.24, 2.45) is 0 Å². The molecular formula is C38H68O4. The normalized spacial score (nSPS) is 12.9.